The van der Waals surface area contributed by atoms with Crippen molar-refractivity contribution in [3.63, 3.8) is 0 Å². The molecular formula is C42H44N6O. The summed E-state index contributed by atoms with van der Waals surface area (Å²) in [5.74, 6) is 1.84. The fraction of sp³-hybridized carbons (Fsp3) is 0.262. The van der Waals surface area contributed by atoms with Crippen LogP contribution < -0.4 is 10.6 Å². The summed E-state index contributed by atoms with van der Waals surface area (Å²) in [5.41, 5.74) is 12.9. The Balaban J connectivity index is 1.11. The lowest BCUT2D eigenvalue weighted by Gasteiger charge is -2.33. The van der Waals surface area contributed by atoms with Crippen LogP contribution in [0.25, 0.3) is 21.8 Å². The largest absolute Gasteiger partial charge is 0.384 e. The van der Waals surface area contributed by atoms with E-state index in [9.17, 15) is 4.79 Å². The van der Waals surface area contributed by atoms with E-state index < -0.39 is 0 Å². The summed E-state index contributed by atoms with van der Waals surface area (Å²) < 4.78 is 2.15. The molecule has 0 atom stereocenters. The zero-order chi connectivity index (χ0) is 33.7. The van der Waals surface area contributed by atoms with Crippen LogP contribution in [0.15, 0.2) is 115 Å². The average molecular weight is 649 g/mol. The topological polar surface area (TPSA) is 91.2 Å². The maximum absolute atomic E-state index is 14.3. The van der Waals surface area contributed by atoms with Gasteiger partial charge in [-0.2, -0.15) is 0 Å². The standard InChI is InChI=1S/C42H44N6O/c1-46-39-20-19-36(27-38(39)45-40(46)21-16-30-14-17-34(18-15-30)42(43)44)48(28-35-12-7-11-33-10-5-6-13-37(33)35)41(49)29-47-24-22-32(23-25-47)26-31-8-3-2-4-9-31/h2-15,17-20,27,32H,16,21-26,28-29H2,1H3,(H3,43,44). The number of carbonyl (C=O) groups is 1. The van der Waals surface area contributed by atoms with Crippen LogP contribution in [0.1, 0.15) is 40.9 Å². The van der Waals surface area contributed by atoms with Crippen molar-refractivity contribution in [2.75, 3.05) is 24.5 Å². The molecule has 5 aromatic carbocycles. The Bertz CT molecular complexity index is 2070. The summed E-state index contributed by atoms with van der Waals surface area (Å²) in [5, 5.41) is 9.99. The van der Waals surface area contributed by atoms with Crippen LogP contribution in [0, 0.1) is 11.3 Å². The third-order valence-electron chi connectivity index (χ3n) is 10.1. The summed E-state index contributed by atoms with van der Waals surface area (Å²) >= 11 is 0. The number of nitrogen functional groups attached to an aromatic ring is 1. The van der Waals surface area contributed by atoms with Crippen molar-refractivity contribution in [1.82, 2.24) is 14.5 Å². The van der Waals surface area contributed by atoms with Gasteiger partial charge in [-0.15, -0.1) is 0 Å². The van der Waals surface area contributed by atoms with Crippen molar-refractivity contribution in [2.45, 2.75) is 38.6 Å². The fourth-order valence-corrected chi connectivity index (χ4v) is 7.23. The molecule has 1 aliphatic rings. The quantitative estimate of drug-likeness (QED) is 0.114. The molecule has 6 aromatic rings. The Morgan fingerprint density at radius 2 is 1.59 bits per heavy atom. The van der Waals surface area contributed by atoms with E-state index >= 15 is 0 Å². The number of benzene rings is 5. The number of nitrogens with one attached hydrogen (secondary N) is 1. The Labute approximate surface area is 288 Å². The predicted octanol–water partition coefficient (Wildman–Crippen LogP) is 7.28. The molecule has 0 saturated carbocycles. The van der Waals surface area contributed by atoms with Gasteiger partial charge in [-0.3, -0.25) is 15.1 Å². The lowest BCUT2D eigenvalue weighted by Crippen LogP contribution is -2.43. The summed E-state index contributed by atoms with van der Waals surface area (Å²) in [6, 6.07) is 39.6. The van der Waals surface area contributed by atoms with Crippen molar-refractivity contribution in [1.29, 1.82) is 5.41 Å². The number of rotatable bonds is 11. The molecule has 3 N–H and O–H groups in total. The molecule has 1 saturated heterocycles. The number of anilines is 1. The summed E-state index contributed by atoms with van der Waals surface area (Å²) in [4.78, 5) is 23.6. The zero-order valence-corrected chi connectivity index (χ0v) is 28.2. The molecule has 1 amide bonds. The van der Waals surface area contributed by atoms with E-state index in [1.807, 2.05) is 29.2 Å². The third kappa shape index (κ3) is 7.42. The van der Waals surface area contributed by atoms with Crippen LogP contribution in [0.3, 0.4) is 0 Å². The second-order valence-electron chi connectivity index (χ2n) is 13.4. The normalized spacial score (nSPS) is 14.0. The molecule has 2 heterocycles. The fourth-order valence-electron chi connectivity index (χ4n) is 7.23. The highest BCUT2D eigenvalue weighted by Crippen LogP contribution is 2.28. The van der Waals surface area contributed by atoms with Gasteiger partial charge in [0.2, 0.25) is 5.91 Å². The van der Waals surface area contributed by atoms with Crippen molar-refractivity contribution < 1.29 is 4.79 Å². The van der Waals surface area contributed by atoms with Gasteiger partial charge in [-0.25, -0.2) is 4.98 Å². The Hall–Kier alpha value is -5.27. The molecule has 7 heteroatoms. The Morgan fingerprint density at radius 3 is 2.37 bits per heavy atom. The molecular weight excluding hydrogens is 605 g/mol. The van der Waals surface area contributed by atoms with Crippen LogP contribution in [-0.4, -0.2) is 45.8 Å². The molecule has 49 heavy (non-hydrogen) atoms. The minimum atomic E-state index is 0.0779. The summed E-state index contributed by atoms with van der Waals surface area (Å²) in [7, 11) is 2.06. The summed E-state index contributed by atoms with van der Waals surface area (Å²) in [6.45, 7) is 2.76. The molecule has 7 rings (SSSR count). The van der Waals surface area contributed by atoms with Gasteiger partial charge in [0.15, 0.2) is 0 Å². The van der Waals surface area contributed by atoms with Crippen molar-refractivity contribution in [2.24, 2.45) is 18.7 Å². The van der Waals surface area contributed by atoms with Crippen molar-refractivity contribution in [3.8, 4) is 0 Å². The molecule has 1 aromatic heterocycles. The number of amides is 1. The highest BCUT2D eigenvalue weighted by atomic mass is 16.2. The third-order valence-corrected chi connectivity index (χ3v) is 10.1. The van der Waals surface area contributed by atoms with Crippen LogP contribution in [0.5, 0.6) is 0 Å². The monoisotopic (exact) mass is 648 g/mol. The van der Waals surface area contributed by atoms with Crippen LogP contribution in [0.2, 0.25) is 0 Å². The number of nitrogens with two attached hydrogens (primary N) is 1. The maximum Gasteiger partial charge on any atom is 0.241 e. The molecule has 1 fully saturated rings. The van der Waals surface area contributed by atoms with E-state index in [1.165, 1.54) is 21.9 Å². The average Bonchev–Trinajstić information content (AvgIpc) is 3.45. The van der Waals surface area contributed by atoms with Crippen molar-refractivity contribution >= 4 is 39.2 Å². The highest BCUT2D eigenvalue weighted by molar-refractivity contribution is 5.97. The molecule has 0 bridgehead atoms. The Morgan fingerprint density at radius 1 is 0.857 bits per heavy atom. The van der Waals surface area contributed by atoms with Gasteiger partial charge in [-0.1, -0.05) is 97.1 Å². The van der Waals surface area contributed by atoms with Gasteiger partial charge in [0.05, 0.1) is 24.1 Å². The predicted molar refractivity (Wildman–Crippen MR) is 200 cm³/mol. The lowest BCUT2D eigenvalue weighted by molar-refractivity contribution is -0.120. The van der Waals surface area contributed by atoms with Crippen molar-refractivity contribution in [3.05, 3.63) is 143 Å². The van der Waals surface area contributed by atoms with Gasteiger partial charge >= 0.3 is 0 Å². The minimum absolute atomic E-state index is 0.0779. The number of piperidine rings is 1. The van der Waals surface area contributed by atoms with E-state index in [0.29, 0.717) is 19.0 Å². The second-order valence-corrected chi connectivity index (χ2v) is 13.4. The van der Waals surface area contributed by atoms with Crippen LogP contribution in [0.4, 0.5) is 5.69 Å². The van der Waals surface area contributed by atoms with Crippen LogP contribution in [-0.2, 0) is 37.6 Å². The Kier molecular flexibility index (Phi) is 9.53. The number of fused-ring (bicyclic) bond motifs is 2. The zero-order valence-electron chi connectivity index (χ0n) is 28.2. The number of imidazole rings is 1. The van der Waals surface area contributed by atoms with Gasteiger partial charge < -0.3 is 15.2 Å². The number of amidine groups is 1. The molecule has 0 radical (unpaired) electrons. The molecule has 7 nitrogen and oxygen atoms in total. The van der Waals surface area contributed by atoms with E-state index in [-0.39, 0.29) is 11.7 Å². The first kappa shape index (κ1) is 32.3. The first-order valence-electron chi connectivity index (χ1n) is 17.3. The van der Waals surface area contributed by atoms with Crippen LogP contribution >= 0.6 is 0 Å². The van der Waals surface area contributed by atoms with Gasteiger partial charge in [0, 0.05) is 24.7 Å². The number of nitrogens with zero attached hydrogens (tertiary/aromatic N) is 4. The molecule has 0 unspecified atom stereocenters. The molecule has 0 spiro atoms. The van der Waals surface area contributed by atoms with Gasteiger partial charge in [-0.05, 0) is 90.4 Å². The highest BCUT2D eigenvalue weighted by Gasteiger charge is 2.25. The van der Waals surface area contributed by atoms with E-state index in [2.05, 4.69) is 108 Å². The first-order valence-corrected chi connectivity index (χ1v) is 17.3. The smallest absolute Gasteiger partial charge is 0.241 e. The minimum Gasteiger partial charge on any atom is -0.384 e. The maximum atomic E-state index is 14.3. The number of aryl methyl sites for hydroxylation is 3. The van der Waals surface area contributed by atoms with E-state index in [0.717, 1.165) is 78.9 Å². The first-order chi connectivity index (χ1) is 23.9. The van der Waals surface area contributed by atoms with E-state index in [1.54, 1.807) is 0 Å². The molecule has 1 aliphatic heterocycles. The number of carbonyl (C=O) groups excluding carboxylic acids is 1. The number of likely N-dealkylation sites (tertiary alicyclic amines) is 1. The van der Waals surface area contributed by atoms with Gasteiger partial charge in [0.25, 0.3) is 0 Å². The number of hydrogen-bond acceptors (Lipinski definition) is 4. The summed E-state index contributed by atoms with van der Waals surface area (Å²) in [6.07, 6.45) is 4.92. The number of aromatic nitrogens is 2. The second kappa shape index (κ2) is 14.5. The molecule has 248 valence electrons. The van der Waals surface area contributed by atoms with E-state index in [4.69, 9.17) is 16.1 Å². The number of hydrogen-bond donors (Lipinski definition) is 2. The molecule has 0 aliphatic carbocycles. The SMILES string of the molecule is Cn1c(CCc2ccc(C(=N)N)cc2)nc2cc(N(Cc3cccc4ccccc34)C(=O)CN3CCC(Cc4ccccc4)CC3)ccc21. The lowest BCUT2D eigenvalue weighted by atomic mass is 9.90. The van der Waals surface area contributed by atoms with Gasteiger partial charge in [0.1, 0.15) is 11.7 Å².